The van der Waals surface area contributed by atoms with Gasteiger partial charge in [-0.05, 0) is 66.6 Å². The molecule has 4 aliphatic rings. The van der Waals surface area contributed by atoms with Crippen molar-refractivity contribution in [3.05, 3.63) is 12.2 Å². The highest BCUT2D eigenvalue weighted by Gasteiger charge is 2.70. The minimum atomic E-state index is -1.59. The van der Waals surface area contributed by atoms with Gasteiger partial charge >= 0.3 is 0 Å². The summed E-state index contributed by atoms with van der Waals surface area (Å²) >= 11 is 0. The van der Waals surface area contributed by atoms with Crippen molar-refractivity contribution >= 4 is 5.78 Å². The summed E-state index contributed by atoms with van der Waals surface area (Å²) in [6, 6.07) is 0. The fourth-order valence-corrected chi connectivity index (χ4v) is 8.53. The summed E-state index contributed by atoms with van der Waals surface area (Å²) in [6.45, 7) is 11.2. The van der Waals surface area contributed by atoms with Crippen LogP contribution in [0.1, 0.15) is 79.6 Å². The minimum Gasteiger partial charge on any atom is -0.393 e. The predicted molar refractivity (Wildman–Crippen MR) is 118 cm³/mol. The Labute approximate surface area is 182 Å². The Kier molecular flexibility index (Phi) is 5.56. The Morgan fingerprint density at radius 2 is 1.73 bits per heavy atom. The van der Waals surface area contributed by atoms with E-state index in [4.69, 9.17) is 0 Å². The molecule has 4 rings (SSSR count). The van der Waals surface area contributed by atoms with Gasteiger partial charge in [0.2, 0.25) is 0 Å². The molecular weight excluding hydrogens is 376 g/mol. The number of rotatable bonds is 3. The zero-order valence-corrected chi connectivity index (χ0v) is 19.5. The van der Waals surface area contributed by atoms with E-state index in [0.29, 0.717) is 30.1 Å². The maximum Gasteiger partial charge on any atom is 0.165 e. The minimum absolute atomic E-state index is 0.0736. The number of ketones is 1. The molecule has 4 fully saturated rings. The van der Waals surface area contributed by atoms with Crippen molar-refractivity contribution in [3.8, 4) is 0 Å². The number of aliphatic hydroxyl groups is 3. The summed E-state index contributed by atoms with van der Waals surface area (Å²) in [5, 5.41) is 32.7. The average Bonchev–Trinajstić information content (AvgIpc) is 3.01. The number of hydrogen-bond donors (Lipinski definition) is 3. The van der Waals surface area contributed by atoms with Crippen LogP contribution in [0.2, 0.25) is 0 Å². The first-order valence-corrected chi connectivity index (χ1v) is 12.2. The number of Topliss-reactive ketones (excluding diaryl/α,β-unsaturated/α-hetero) is 1. The van der Waals surface area contributed by atoms with Gasteiger partial charge in [-0.1, -0.05) is 46.8 Å². The van der Waals surface area contributed by atoms with Crippen LogP contribution in [0.4, 0.5) is 0 Å². The van der Waals surface area contributed by atoms with Crippen LogP contribution in [0.15, 0.2) is 12.2 Å². The van der Waals surface area contributed by atoms with Gasteiger partial charge in [0, 0.05) is 24.7 Å². The molecule has 10 atom stereocenters. The second kappa shape index (κ2) is 7.42. The van der Waals surface area contributed by atoms with Gasteiger partial charge in [0.25, 0.3) is 0 Å². The number of carbonyl (C=O) groups is 1. The van der Waals surface area contributed by atoms with Crippen LogP contribution in [-0.2, 0) is 4.79 Å². The molecule has 0 spiro atoms. The molecule has 0 bridgehead atoms. The Bertz CT molecular complexity index is 716. The van der Waals surface area contributed by atoms with E-state index in [1.54, 1.807) is 0 Å². The predicted octanol–water partition coefficient (Wildman–Crippen LogP) is 4.12. The second-order valence-corrected chi connectivity index (χ2v) is 12.0. The highest BCUT2D eigenvalue weighted by molar-refractivity contribution is 5.90. The van der Waals surface area contributed by atoms with Crippen molar-refractivity contribution in [1.29, 1.82) is 0 Å². The number of aliphatic hydroxyl groups excluding tert-OH is 2. The quantitative estimate of drug-likeness (QED) is 0.603. The van der Waals surface area contributed by atoms with Crippen LogP contribution < -0.4 is 0 Å². The van der Waals surface area contributed by atoms with Gasteiger partial charge in [0.1, 0.15) is 5.60 Å². The maximum absolute atomic E-state index is 13.3. The number of carbonyl (C=O) groups excluding carboxylic acids is 1. The molecule has 4 saturated carbocycles. The molecule has 0 aromatic heterocycles. The van der Waals surface area contributed by atoms with E-state index >= 15 is 0 Å². The lowest BCUT2D eigenvalue weighted by Gasteiger charge is -2.64. The monoisotopic (exact) mass is 418 g/mol. The summed E-state index contributed by atoms with van der Waals surface area (Å²) in [5.41, 5.74) is -2.23. The maximum atomic E-state index is 13.3. The van der Waals surface area contributed by atoms with Crippen LogP contribution in [-0.4, -0.2) is 38.9 Å². The van der Waals surface area contributed by atoms with Gasteiger partial charge in [-0.25, -0.2) is 0 Å². The largest absolute Gasteiger partial charge is 0.393 e. The summed E-state index contributed by atoms with van der Waals surface area (Å²) in [5.74, 6) is 2.41. The lowest BCUT2D eigenvalue weighted by molar-refractivity contribution is -0.245. The van der Waals surface area contributed by atoms with Gasteiger partial charge in [-0.3, -0.25) is 4.79 Å². The molecule has 0 heterocycles. The average molecular weight is 419 g/mol. The second-order valence-electron chi connectivity index (χ2n) is 12.0. The fraction of sp³-hybridized carbons (Fsp3) is 0.885. The van der Waals surface area contributed by atoms with Crippen molar-refractivity contribution in [2.45, 2.75) is 97.4 Å². The third-order valence-corrected chi connectivity index (χ3v) is 10.2. The number of allylic oxidation sites excluding steroid dienone is 2. The normalized spacial score (nSPS) is 52.2. The lowest BCUT2D eigenvalue weighted by Crippen LogP contribution is -2.71. The van der Waals surface area contributed by atoms with E-state index in [9.17, 15) is 20.1 Å². The molecular formula is C26H42O4. The number of fused-ring (bicyclic) bond motifs is 5. The SMILES string of the molecule is CC(C)C=CC(C)C1CCC2C3CC(=O)C4(O)CC(O)CC(O)C4(C)C3CCC12C. The third-order valence-electron chi connectivity index (χ3n) is 10.2. The topological polar surface area (TPSA) is 77.8 Å². The van der Waals surface area contributed by atoms with E-state index in [0.717, 1.165) is 19.3 Å². The van der Waals surface area contributed by atoms with Crippen LogP contribution >= 0.6 is 0 Å². The van der Waals surface area contributed by atoms with Gasteiger partial charge in [0.15, 0.2) is 5.78 Å². The summed E-state index contributed by atoms with van der Waals surface area (Å²) in [4.78, 5) is 13.3. The van der Waals surface area contributed by atoms with Crippen molar-refractivity contribution in [2.75, 3.05) is 0 Å². The van der Waals surface area contributed by atoms with E-state index in [1.165, 1.54) is 6.42 Å². The fourth-order valence-electron chi connectivity index (χ4n) is 8.53. The van der Waals surface area contributed by atoms with Crippen LogP contribution in [0.3, 0.4) is 0 Å². The molecule has 10 unspecified atom stereocenters. The summed E-state index contributed by atoms with van der Waals surface area (Å²) in [6.07, 6.45) is 8.20. The van der Waals surface area contributed by atoms with E-state index in [1.807, 2.05) is 6.92 Å². The zero-order valence-electron chi connectivity index (χ0n) is 19.5. The van der Waals surface area contributed by atoms with E-state index in [-0.39, 0.29) is 35.9 Å². The van der Waals surface area contributed by atoms with Crippen molar-refractivity contribution in [2.24, 2.45) is 46.3 Å². The molecule has 0 saturated heterocycles. The molecule has 0 radical (unpaired) electrons. The Morgan fingerprint density at radius 3 is 2.40 bits per heavy atom. The van der Waals surface area contributed by atoms with Gasteiger partial charge < -0.3 is 15.3 Å². The molecule has 0 aromatic rings. The highest BCUT2D eigenvalue weighted by Crippen LogP contribution is 2.68. The first-order valence-electron chi connectivity index (χ1n) is 12.2. The first kappa shape index (κ1) is 22.5. The Morgan fingerprint density at radius 1 is 1.03 bits per heavy atom. The smallest absolute Gasteiger partial charge is 0.165 e. The Balaban J connectivity index is 1.65. The van der Waals surface area contributed by atoms with Crippen LogP contribution in [0, 0.1) is 46.3 Å². The molecule has 4 aliphatic carbocycles. The van der Waals surface area contributed by atoms with Crippen molar-refractivity contribution < 1.29 is 20.1 Å². The number of hydrogen-bond acceptors (Lipinski definition) is 4. The van der Waals surface area contributed by atoms with Gasteiger partial charge in [0.05, 0.1) is 12.2 Å². The van der Waals surface area contributed by atoms with Crippen LogP contribution in [0.5, 0.6) is 0 Å². The molecule has 0 amide bonds. The Hall–Kier alpha value is -0.710. The first-order chi connectivity index (χ1) is 13.9. The molecule has 30 heavy (non-hydrogen) atoms. The van der Waals surface area contributed by atoms with E-state index < -0.39 is 23.2 Å². The third kappa shape index (κ3) is 3.00. The molecule has 0 aliphatic heterocycles. The van der Waals surface area contributed by atoms with Gasteiger partial charge in [-0.2, -0.15) is 0 Å². The summed E-state index contributed by atoms with van der Waals surface area (Å²) in [7, 11) is 0. The zero-order chi connectivity index (χ0) is 22.1. The van der Waals surface area contributed by atoms with Crippen LogP contribution in [0.25, 0.3) is 0 Å². The summed E-state index contributed by atoms with van der Waals surface area (Å²) < 4.78 is 0. The highest BCUT2D eigenvalue weighted by atomic mass is 16.3. The molecule has 3 N–H and O–H groups in total. The van der Waals surface area contributed by atoms with Crippen molar-refractivity contribution in [3.63, 3.8) is 0 Å². The molecule has 170 valence electrons. The van der Waals surface area contributed by atoms with E-state index in [2.05, 4.69) is 39.8 Å². The molecule has 4 heteroatoms. The van der Waals surface area contributed by atoms with Gasteiger partial charge in [-0.15, -0.1) is 0 Å². The molecule has 4 nitrogen and oxygen atoms in total. The standard InChI is InChI=1S/C26H42O4/c1-15(2)6-7-16(3)19-8-9-20-18-13-23(29)26(30)14-17(27)12-22(28)25(26,5)21(18)10-11-24(19,20)4/h6-7,15-22,27-28,30H,8-14H2,1-5H3. The van der Waals surface area contributed by atoms with Crippen molar-refractivity contribution in [1.82, 2.24) is 0 Å². The molecule has 0 aromatic carbocycles. The lowest BCUT2D eigenvalue weighted by atomic mass is 9.42.